The molecular formula is C17H22N4O. The Kier molecular flexibility index (Phi) is 8.06. The number of nitriles is 1. The van der Waals surface area contributed by atoms with Gasteiger partial charge >= 0.3 is 0 Å². The topological polar surface area (TPSA) is 91.3 Å². The van der Waals surface area contributed by atoms with Gasteiger partial charge < -0.3 is 11.1 Å². The van der Waals surface area contributed by atoms with Crippen LogP contribution >= 0.6 is 0 Å². The molecule has 1 aromatic rings. The average molecular weight is 298 g/mol. The van der Waals surface area contributed by atoms with E-state index in [1.165, 1.54) is 6.34 Å². The molecule has 0 aliphatic carbocycles. The van der Waals surface area contributed by atoms with Crippen molar-refractivity contribution < 1.29 is 4.79 Å². The molecule has 5 heteroatoms. The minimum atomic E-state index is 0.348. The van der Waals surface area contributed by atoms with Gasteiger partial charge in [-0.25, -0.2) is 4.99 Å². The highest BCUT2D eigenvalue weighted by Gasteiger charge is 2.09. The van der Waals surface area contributed by atoms with Crippen LogP contribution in [0.1, 0.15) is 37.3 Å². The van der Waals surface area contributed by atoms with Crippen LogP contribution in [-0.2, 0) is 11.2 Å². The molecular weight excluding hydrogens is 276 g/mol. The van der Waals surface area contributed by atoms with Gasteiger partial charge in [-0.3, -0.25) is 4.79 Å². The molecule has 5 nitrogen and oxygen atoms in total. The summed E-state index contributed by atoms with van der Waals surface area (Å²) in [6, 6.07) is 9.35. The lowest BCUT2D eigenvalue weighted by Crippen LogP contribution is -2.18. The summed E-state index contributed by atoms with van der Waals surface area (Å²) in [4.78, 5) is 15.5. The van der Waals surface area contributed by atoms with Gasteiger partial charge in [-0.05, 0) is 18.1 Å². The Labute approximate surface area is 131 Å². The summed E-state index contributed by atoms with van der Waals surface area (Å²) in [6.45, 7) is 2.86. The highest BCUT2D eigenvalue weighted by atomic mass is 16.1. The molecule has 0 spiro atoms. The highest BCUT2D eigenvalue weighted by molar-refractivity contribution is 5.76. The minimum absolute atomic E-state index is 0.348. The lowest BCUT2D eigenvalue weighted by molar-refractivity contribution is -0.105. The summed E-state index contributed by atoms with van der Waals surface area (Å²) >= 11 is 0. The molecule has 0 aliphatic rings. The lowest BCUT2D eigenvalue weighted by atomic mass is 10.0. The number of carbonyl (C=O) groups is 1. The van der Waals surface area contributed by atoms with Gasteiger partial charge in [0.05, 0.1) is 18.0 Å². The Morgan fingerprint density at radius 2 is 2.18 bits per heavy atom. The van der Waals surface area contributed by atoms with Gasteiger partial charge in [0.2, 0.25) is 0 Å². The molecule has 0 fully saturated rings. The summed E-state index contributed by atoms with van der Waals surface area (Å²) in [5, 5.41) is 12.3. The van der Waals surface area contributed by atoms with E-state index in [4.69, 9.17) is 11.0 Å². The van der Waals surface area contributed by atoms with Crippen molar-refractivity contribution in [3.05, 3.63) is 46.8 Å². The molecule has 0 aliphatic heterocycles. The maximum Gasteiger partial charge on any atom is 0.150 e. The SMILES string of the molecule is CCCCCNC(/N=C\N)=C(/C=O)Cc1ccccc1C#N. The fourth-order valence-electron chi connectivity index (χ4n) is 2.07. The number of hydrogen-bond donors (Lipinski definition) is 2. The number of allylic oxidation sites excluding steroid dienone is 1. The average Bonchev–Trinajstić information content (AvgIpc) is 2.56. The van der Waals surface area contributed by atoms with Crippen molar-refractivity contribution >= 4 is 12.6 Å². The zero-order valence-electron chi connectivity index (χ0n) is 12.9. The van der Waals surface area contributed by atoms with Crippen LogP contribution in [0.4, 0.5) is 0 Å². The first-order chi connectivity index (χ1) is 10.8. The lowest BCUT2D eigenvalue weighted by Gasteiger charge is -2.10. The number of unbranched alkanes of at least 4 members (excludes halogenated alkanes) is 2. The molecule has 0 atom stereocenters. The normalized spacial score (nSPS) is 11.8. The van der Waals surface area contributed by atoms with E-state index in [1.807, 2.05) is 12.1 Å². The fourth-order valence-corrected chi connectivity index (χ4v) is 2.07. The van der Waals surface area contributed by atoms with Gasteiger partial charge in [-0.2, -0.15) is 5.26 Å². The highest BCUT2D eigenvalue weighted by Crippen LogP contribution is 2.14. The standard InChI is InChI=1S/C17H22N4O/c1-2-3-6-9-20-17(21-13-19)16(12-22)10-14-7-4-5-8-15(14)11-18/h4-5,7-8,12-13,20H,2-3,6,9-10H2,1H3,(H2,19,21)/b17-16-. The van der Waals surface area contributed by atoms with E-state index in [0.717, 1.165) is 37.7 Å². The second kappa shape index (κ2) is 10.2. The second-order valence-corrected chi connectivity index (χ2v) is 4.85. The first-order valence-corrected chi connectivity index (χ1v) is 7.41. The van der Waals surface area contributed by atoms with Crippen molar-refractivity contribution in [3.8, 4) is 6.07 Å². The number of hydrogen-bond acceptors (Lipinski definition) is 4. The van der Waals surface area contributed by atoms with Gasteiger partial charge in [0.15, 0.2) is 0 Å². The van der Waals surface area contributed by atoms with E-state index < -0.39 is 0 Å². The first-order valence-electron chi connectivity index (χ1n) is 7.41. The van der Waals surface area contributed by atoms with Crippen LogP contribution in [0.15, 0.2) is 40.7 Å². The fraction of sp³-hybridized carbons (Fsp3) is 0.353. The summed E-state index contributed by atoms with van der Waals surface area (Å²) in [5.74, 6) is 0.473. The van der Waals surface area contributed by atoms with E-state index in [9.17, 15) is 4.79 Å². The van der Waals surface area contributed by atoms with Gasteiger partial charge in [0.1, 0.15) is 12.1 Å². The number of aldehydes is 1. The smallest absolute Gasteiger partial charge is 0.150 e. The summed E-state index contributed by atoms with van der Waals surface area (Å²) < 4.78 is 0. The summed E-state index contributed by atoms with van der Waals surface area (Å²) in [5.41, 5.74) is 7.21. The van der Waals surface area contributed by atoms with Gasteiger partial charge in [-0.1, -0.05) is 38.0 Å². The largest absolute Gasteiger partial charge is 0.390 e. The van der Waals surface area contributed by atoms with Crippen LogP contribution in [0, 0.1) is 11.3 Å². The molecule has 0 amide bonds. The molecule has 116 valence electrons. The number of rotatable bonds is 9. The number of nitrogens with zero attached hydrogens (tertiary/aromatic N) is 2. The molecule has 0 unspecified atom stereocenters. The molecule has 0 aromatic heterocycles. The Bertz CT molecular complexity index is 585. The molecule has 0 saturated heterocycles. The van der Waals surface area contributed by atoms with Crippen molar-refractivity contribution in [2.24, 2.45) is 10.7 Å². The summed E-state index contributed by atoms with van der Waals surface area (Å²) in [7, 11) is 0. The van der Waals surface area contributed by atoms with E-state index in [1.54, 1.807) is 12.1 Å². The van der Waals surface area contributed by atoms with Crippen LogP contribution in [-0.4, -0.2) is 19.2 Å². The number of nitrogens with two attached hydrogens (primary N) is 1. The van der Waals surface area contributed by atoms with E-state index in [-0.39, 0.29) is 0 Å². The van der Waals surface area contributed by atoms with Crippen molar-refractivity contribution in [2.75, 3.05) is 6.54 Å². The predicted molar refractivity (Wildman–Crippen MR) is 88.2 cm³/mol. The van der Waals surface area contributed by atoms with Crippen LogP contribution in [0.25, 0.3) is 0 Å². The Morgan fingerprint density at radius 3 is 2.82 bits per heavy atom. The molecule has 22 heavy (non-hydrogen) atoms. The molecule has 0 heterocycles. The Morgan fingerprint density at radius 1 is 1.41 bits per heavy atom. The third-order valence-electron chi connectivity index (χ3n) is 3.24. The van der Waals surface area contributed by atoms with Crippen LogP contribution in [0.3, 0.4) is 0 Å². The van der Waals surface area contributed by atoms with Crippen LogP contribution < -0.4 is 11.1 Å². The number of nitrogens with one attached hydrogen (secondary N) is 1. The van der Waals surface area contributed by atoms with Crippen molar-refractivity contribution in [3.63, 3.8) is 0 Å². The number of carbonyl (C=O) groups excluding carboxylic acids is 1. The third-order valence-corrected chi connectivity index (χ3v) is 3.24. The molecule has 1 rings (SSSR count). The summed E-state index contributed by atoms with van der Waals surface area (Å²) in [6.07, 6.45) is 5.52. The van der Waals surface area contributed by atoms with E-state index in [2.05, 4.69) is 23.3 Å². The Balaban J connectivity index is 2.95. The monoisotopic (exact) mass is 298 g/mol. The third kappa shape index (κ3) is 5.41. The first kappa shape index (κ1) is 17.4. The van der Waals surface area contributed by atoms with Crippen molar-refractivity contribution in [2.45, 2.75) is 32.6 Å². The molecule has 0 bridgehead atoms. The minimum Gasteiger partial charge on any atom is -0.390 e. The molecule has 1 aromatic carbocycles. The van der Waals surface area contributed by atoms with Crippen molar-refractivity contribution in [1.29, 1.82) is 5.26 Å². The quantitative estimate of drug-likeness (QED) is 0.240. The number of aliphatic imine (C=N–C) groups is 1. The van der Waals surface area contributed by atoms with Gasteiger partial charge in [0.25, 0.3) is 0 Å². The maximum absolute atomic E-state index is 11.4. The van der Waals surface area contributed by atoms with Crippen LogP contribution in [0.2, 0.25) is 0 Å². The maximum atomic E-state index is 11.4. The number of benzene rings is 1. The molecule has 0 radical (unpaired) electrons. The molecule has 3 N–H and O–H groups in total. The Hall–Kier alpha value is -2.61. The van der Waals surface area contributed by atoms with Gasteiger partial charge in [-0.15, -0.1) is 0 Å². The zero-order chi connectivity index (χ0) is 16.2. The second-order valence-electron chi connectivity index (χ2n) is 4.85. The van der Waals surface area contributed by atoms with Crippen molar-refractivity contribution in [1.82, 2.24) is 5.32 Å². The zero-order valence-corrected chi connectivity index (χ0v) is 12.9. The van der Waals surface area contributed by atoms with Gasteiger partial charge in [0, 0.05) is 18.5 Å². The van der Waals surface area contributed by atoms with Crippen LogP contribution in [0.5, 0.6) is 0 Å². The van der Waals surface area contributed by atoms with E-state index >= 15 is 0 Å². The predicted octanol–water partition coefficient (Wildman–Crippen LogP) is 2.28. The molecule has 0 saturated carbocycles. The van der Waals surface area contributed by atoms with E-state index in [0.29, 0.717) is 23.4 Å².